The van der Waals surface area contributed by atoms with Crippen LogP contribution < -0.4 is 10.6 Å². The van der Waals surface area contributed by atoms with Crippen LogP contribution >= 0.6 is 0 Å². The van der Waals surface area contributed by atoms with E-state index in [-0.39, 0.29) is 11.9 Å². The van der Waals surface area contributed by atoms with Gasteiger partial charge in [-0.1, -0.05) is 13.8 Å². The van der Waals surface area contributed by atoms with E-state index in [2.05, 4.69) is 27.6 Å². The highest BCUT2D eigenvalue weighted by atomic mass is 16.2. The SMILES string of the molecule is CCC(=O)N1CCC(NC(=NC)NCC(C)Cn2cccn2)C1. The Morgan fingerprint density at radius 3 is 3.00 bits per heavy atom. The van der Waals surface area contributed by atoms with Crippen LogP contribution in [0.1, 0.15) is 26.7 Å². The van der Waals surface area contributed by atoms with Crippen molar-refractivity contribution in [3.05, 3.63) is 18.5 Å². The van der Waals surface area contributed by atoms with Crippen LogP contribution in [0.15, 0.2) is 23.5 Å². The largest absolute Gasteiger partial charge is 0.356 e. The highest BCUT2D eigenvalue weighted by molar-refractivity contribution is 5.80. The van der Waals surface area contributed by atoms with Gasteiger partial charge in [-0.15, -0.1) is 0 Å². The highest BCUT2D eigenvalue weighted by Crippen LogP contribution is 2.10. The minimum Gasteiger partial charge on any atom is -0.356 e. The van der Waals surface area contributed by atoms with Crippen LogP contribution in [0.25, 0.3) is 0 Å². The number of carbonyl (C=O) groups is 1. The summed E-state index contributed by atoms with van der Waals surface area (Å²) in [4.78, 5) is 17.9. The topological polar surface area (TPSA) is 74.6 Å². The van der Waals surface area contributed by atoms with E-state index >= 15 is 0 Å². The van der Waals surface area contributed by atoms with E-state index in [1.54, 1.807) is 13.2 Å². The first-order valence-electron chi connectivity index (χ1n) is 8.34. The molecule has 1 fully saturated rings. The number of rotatable bonds is 6. The summed E-state index contributed by atoms with van der Waals surface area (Å²) in [5, 5.41) is 11.0. The Balaban J connectivity index is 1.72. The zero-order chi connectivity index (χ0) is 16.7. The monoisotopic (exact) mass is 320 g/mol. The molecule has 7 nitrogen and oxygen atoms in total. The van der Waals surface area contributed by atoms with Gasteiger partial charge >= 0.3 is 0 Å². The number of carbonyl (C=O) groups excluding carboxylic acids is 1. The van der Waals surface area contributed by atoms with Crippen LogP contribution in [0.4, 0.5) is 0 Å². The molecule has 1 aliphatic heterocycles. The molecule has 128 valence electrons. The second-order valence-corrected chi connectivity index (χ2v) is 6.11. The predicted octanol–water partition coefficient (Wildman–Crippen LogP) is 0.695. The first-order chi connectivity index (χ1) is 11.1. The molecule has 1 aromatic rings. The number of nitrogens with zero attached hydrogens (tertiary/aromatic N) is 4. The summed E-state index contributed by atoms with van der Waals surface area (Å²) < 4.78 is 1.94. The van der Waals surface area contributed by atoms with Gasteiger partial charge in [-0.05, 0) is 18.4 Å². The average Bonchev–Trinajstić information content (AvgIpc) is 3.22. The molecular formula is C16H28N6O. The zero-order valence-corrected chi connectivity index (χ0v) is 14.3. The molecular weight excluding hydrogens is 292 g/mol. The zero-order valence-electron chi connectivity index (χ0n) is 14.3. The number of hydrogen-bond donors (Lipinski definition) is 2. The van der Waals surface area contributed by atoms with E-state index in [1.165, 1.54) is 0 Å². The third kappa shape index (κ3) is 5.26. The minimum absolute atomic E-state index is 0.227. The molecule has 23 heavy (non-hydrogen) atoms. The quantitative estimate of drug-likeness (QED) is 0.597. The Kier molecular flexibility index (Phi) is 6.43. The smallest absolute Gasteiger partial charge is 0.222 e. The first-order valence-corrected chi connectivity index (χ1v) is 8.34. The number of hydrogen-bond acceptors (Lipinski definition) is 3. The second-order valence-electron chi connectivity index (χ2n) is 6.11. The van der Waals surface area contributed by atoms with Crippen molar-refractivity contribution in [1.29, 1.82) is 0 Å². The van der Waals surface area contributed by atoms with Crippen molar-refractivity contribution >= 4 is 11.9 Å². The van der Waals surface area contributed by atoms with Gasteiger partial charge in [-0.25, -0.2) is 0 Å². The average molecular weight is 320 g/mol. The summed E-state index contributed by atoms with van der Waals surface area (Å²) >= 11 is 0. The molecule has 0 bridgehead atoms. The molecule has 2 unspecified atom stereocenters. The van der Waals surface area contributed by atoms with Crippen LogP contribution in [0.3, 0.4) is 0 Å². The number of nitrogens with one attached hydrogen (secondary N) is 2. The predicted molar refractivity (Wildman–Crippen MR) is 91.2 cm³/mol. The van der Waals surface area contributed by atoms with Gasteiger partial charge in [0.15, 0.2) is 5.96 Å². The van der Waals surface area contributed by atoms with Crippen LogP contribution in [0, 0.1) is 5.92 Å². The normalized spacial score (nSPS) is 19.7. The van der Waals surface area contributed by atoms with E-state index in [0.29, 0.717) is 12.3 Å². The Morgan fingerprint density at radius 1 is 1.52 bits per heavy atom. The number of aromatic nitrogens is 2. The molecule has 2 N–H and O–H groups in total. The second kappa shape index (κ2) is 8.55. The molecule has 1 aliphatic rings. The molecule has 0 spiro atoms. The molecule has 1 amide bonds. The molecule has 0 radical (unpaired) electrons. The Labute approximate surface area is 138 Å². The third-order valence-electron chi connectivity index (χ3n) is 4.08. The minimum atomic E-state index is 0.227. The summed E-state index contributed by atoms with van der Waals surface area (Å²) in [7, 11) is 1.78. The van der Waals surface area contributed by atoms with Crippen molar-refractivity contribution in [3.63, 3.8) is 0 Å². The molecule has 0 aliphatic carbocycles. The van der Waals surface area contributed by atoms with Gasteiger partial charge in [0.2, 0.25) is 5.91 Å². The van der Waals surface area contributed by atoms with Crippen LogP contribution in [0.2, 0.25) is 0 Å². The number of guanidine groups is 1. The maximum absolute atomic E-state index is 11.7. The maximum atomic E-state index is 11.7. The van der Waals surface area contributed by atoms with Crippen molar-refractivity contribution < 1.29 is 4.79 Å². The van der Waals surface area contributed by atoms with Crippen molar-refractivity contribution in [2.24, 2.45) is 10.9 Å². The van der Waals surface area contributed by atoms with E-state index in [9.17, 15) is 4.79 Å². The van der Waals surface area contributed by atoms with Crippen molar-refractivity contribution in [2.45, 2.75) is 39.3 Å². The Bertz CT molecular complexity index is 513. The summed E-state index contributed by atoms with van der Waals surface area (Å²) in [6.45, 7) is 7.38. The van der Waals surface area contributed by atoms with Crippen LogP contribution in [-0.2, 0) is 11.3 Å². The van der Waals surface area contributed by atoms with Crippen molar-refractivity contribution in [1.82, 2.24) is 25.3 Å². The molecule has 2 atom stereocenters. The number of amides is 1. The molecule has 1 saturated heterocycles. The number of aliphatic imine (C=N–C) groups is 1. The molecule has 1 aromatic heterocycles. The van der Waals surface area contributed by atoms with E-state index in [4.69, 9.17) is 0 Å². The lowest BCUT2D eigenvalue weighted by Crippen LogP contribution is -2.46. The fraction of sp³-hybridized carbons (Fsp3) is 0.688. The van der Waals surface area contributed by atoms with Gasteiger partial charge < -0.3 is 15.5 Å². The van der Waals surface area contributed by atoms with Gasteiger partial charge in [0.1, 0.15) is 0 Å². The molecule has 0 aromatic carbocycles. The van der Waals surface area contributed by atoms with Gasteiger partial charge in [-0.3, -0.25) is 14.5 Å². The fourth-order valence-corrected chi connectivity index (χ4v) is 2.78. The lowest BCUT2D eigenvalue weighted by atomic mass is 10.2. The summed E-state index contributed by atoms with van der Waals surface area (Å²) in [5.41, 5.74) is 0. The fourth-order valence-electron chi connectivity index (χ4n) is 2.78. The summed E-state index contributed by atoms with van der Waals surface area (Å²) in [6.07, 6.45) is 5.31. The first kappa shape index (κ1) is 17.3. The van der Waals surface area contributed by atoms with Gasteiger partial charge in [0.05, 0.1) is 0 Å². The van der Waals surface area contributed by atoms with Crippen molar-refractivity contribution in [2.75, 3.05) is 26.7 Å². The Hall–Kier alpha value is -2.05. The van der Waals surface area contributed by atoms with Gasteiger partial charge in [0, 0.05) is 58.1 Å². The molecule has 0 saturated carbocycles. The third-order valence-corrected chi connectivity index (χ3v) is 4.08. The Morgan fingerprint density at radius 2 is 2.35 bits per heavy atom. The van der Waals surface area contributed by atoms with E-state index in [1.807, 2.05) is 28.8 Å². The lowest BCUT2D eigenvalue weighted by Gasteiger charge is -2.20. The summed E-state index contributed by atoms with van der Waals surface area (Å²) in [6, 6.07) is 2.21. The maximum Gasteiger partial charge on any atom is 0.222 e. The highest BCUT2D eigenvalue weighted by Gasteiger charge is 2.25. The van der Waals surface area contributed by atoms with Crippen LogP contribution in [-0.4, -0.2) is 59.3 Å². The summed E-state index contributed by atoms with van der Waals surface area (Å²) in [5.74, 6) is 1.47. The molecule has 7 heteroatoms. The molecule has 2 heterocycles. The standard InChI is InChI=1S/C16H28N6O/c1-4-15(23)21-9-6-14(12-21)20-16(17-3)18-10-13(2)11-22-8-5-7-19-22/h5,7-8,13-14H,4,6,9-12H2,1-3H3,(H2,17,18,20). The number of likely N-dealkylation sites (tertiary alicyclic amines) is 1. The van der Waals surface area contributed by atoms with Gasteiger partial charge in [0.25, 0.3) is 0 Å². The van der Waals surface area contributed by atoms with Crippen molar-refractivity contribution in [3.8, 4) is 0 Å². The van der Waals surface area contributed by atoms with E-state index < -0.39 is 0 Å². The van der Waals surface area contributed by atoms with Crippen LogP contribution in [0.5, 0.6) is 0 Å². The van der Waals surface area contributed by atoms with E-state index in [0.717, 1.165) is 38.6 Å². The lowest BCUT2D eigenvalue weighted by molar-refractivity contribution is -0.129. The van der Waals surface area contributed by atoms with Gasteiger partial charge in [-0.2, -0.15) is 5.10 Å². The molecule has 2 rings (SSSR count).